The SMILES string of the molecule is CCOCCN(CCOCC)C(=O)c1csc(Nc2cc([C@@H]3CCCN(CC#N)C3)nc(C)n2)n1. The summed E-state index contributed by atoms with van der Waals surface area (Å²) in [5.41, 5.74) is 1.35. The Hall–Kier alpha value is -2.65. The lowest BCUT2D eigenvalue weighted by Gasteiger charge is -2.30. The largest absolute Gasteiger partial charge is 0.380 e. The van der Waals surface area contributed by atoms with Gasteiger partial charge < -0.3 is 19.7 Å². The van der Waals surface area contributed by atoms with E-state index >= 15 is 0 Å². The van der Waals surface area contributed by atoms with Crippen LogP contribution in [0, 0.1) is 18.3 Å². The molecule has 1 aliphatic rings. The predicted molar refractivity (Wildman–Crippen MR) is 135 cm³/mol. The van der Waals surface area contributed by atoms with Gasteiger partial charge >= 0.3 is 0 Å². The van der Waals surface area contributed by atoms with Gasteiger partial charge in [0.25, 0.3) is 5.91 Å². The number of hydrogen-bond acceptors (Lipinski definition) is 10. The fourth-order valence-electron chi connectivity index (χ4n) is 4.06. The van der Waals surface area contributed by atoms with Crippen LogP contribution in [0.1, 0.15) is 54.6 Å². The van der Waals surface area contributed by atoms with Gasteiger partial charge in [-0.2, -0.15) is 5.26 Å². The van der Waals surface area contributed by atoms with Crippen LogP contribution in [0.25, 0.3) is 0 Å². The molecular weight excluding hydrogens is 466 g/mol. The molecule has 1 saturated heterocycles. The van der Waals surface area contributed by atoms with Crippen molar-refractivity contribution in [2.75, 3.05) is 64.5 Å². The lowest BCUT2D eigenvalue weighted by Crippen LogP contribution is -2.37. The van der Waals surface area contributed by atoms with Gasteiger partial charge in [0.2, 0.25) is 0 Å². The number of nitrogens with one attached hydrogen (secondary N) is 1. The van der Waals surface area contributed by atoms with Crippen molar-refractivity contribution in [3.63, 3.8) is 0 Å². The first-order valence-corrected chi connectivity index (χ1v) is 13.0. The number of rotatable bonds is 13. The molecule has 0 bridgehead atoms. The molecule has 1 N–H and O–H groups in total. The Labute approximate surface area is 211 Å². The third-order valence-corrected chi connectivity index (χ3v) is 6.50. The molecule has 0 spiro atoms. The first kappa shape index (κ1) is 26.9. The second kappa shape index (κ2) is 14.0. The van der Waals surface area contributed by atoms with Gasteiger partial charge in [0.1, 0.15) is 17.3 Å². The summed E-state index contributed by atoms with van der Waals surface area (Å²) in [5, 5.41) is 14.6. The zero-order valence-corrected chi connectivity index (χ0v) is 21.6. The van der Waals surface area contributed by atoms with Crippen LogP contribution in [0.4, 0.5) is 10.9 Å². The molecule has 190 valence electrons. The summed E-state index contributed by atoms with van der Waals surface area (Å²) in [6.07, 6.45) is 2.08. The van der Waals surface area contributed by atoms with Crippen LogP contribution in [0.15, 0.2) is 11.4 Å². The molecule has 1 amide bonds. The van der Waals surface area contributed by atoms with Crippen LogP contribution in [0.2, 0.25) is 0 Å². The van der Waals surface area contributed by atoms with Crippen molar-refractivity contribution in [2.45, 2.75) is 39.5 Å². The van der Waals surface area contributed by atoms with E-state index in [1.807, 2.05) is 26.8 Å². The van der Waals surface area contributed by atoms with E-state index in [2.05, 4.69) is 31.2 Å². The lowest BCUT2D eigenvalue weighted by molar-refractivity contribution is 0.0546. The lowest BCUT2D eigenvalue weighted by atomic mass is 9.94. The maximum Gasteiger partial charge on any atom is 0.273 e. The zero-order valence-electron chi connectivity index (χ0n) is 20.8. The van der Waals surface area contributed by atoms with E-state index in [4.69, 9.17) is 14.7 Å². The van der Waals surface area contributed by atoms with Crippen molar-refractivity contribution >= 4 is 28.2 Å². The Morgan fingerprint density at radius 3 is 2.69 bits per heavy atom. The molecule has 11 heteroatoms. The maximum atomic E-state index is 13.1. The molecule has 10 nitrogen and oxygen atoms in total. The predicted octanol–water partition coefficient (Wildman–Crippen LogP) is 3.20. The van der Waals surface area contributed by atoms with Crippen molar-refractivity contribution in [2.24, 2.45) is 0 Å². The van der Waals surface area contributed by atoms with E-state index in [1.54, 1.807) is 10.3 Å². The minimum atomic E-state index is -0.145. The van der Waals surface area contributed by atoms with Gasteiger partial charge in [0.05, 0.1) is 31.5 Å². The zero-order chi connectivity index (χ0) is 25.0. The molecule has 0 saturated carbocycles. The molecule has 3 heterocycles. The average Bonchev–Trinajstić information content (AvgIpc) is 3.31. The molecular formula is C24H35N7O3S. The van der Waals surface area contributed by atoms with Crippen LogP contribution < -0.4 is 5.32 Å². The molecule has 35 heavy (non-hydrogen) atoms. The molecule has 0 radical (unpaired) electrons. The highest BCUT2D eigenvalue weighted by Gasteiger charge is 2.23. The summed E-state index contributed by atoms with van der Waals surface area (Å²) in [4.78, 5) is 30.7. The van der Waals surface area contributed by atoms with Gasteiger partial charge in [-0.05, 0) is 40.2 Å². The number of nitrogens with zero attached hydrogens (tertiary/aromatic N) is 6. The van der Waals surface area contributed by atoms with Crippen LogP contribution in [-0.2, 0) is 9.47 Å². The number of likely N-dealkylation sites (tertiary alicyclic amines) is 1. The van der Waals surface area contributed by atoms with Crippen LogP contribution >= 0.6 is 11.3 Å². The van der Waals surface area contributed by atoms with Crippen molar-refractivity contribution in [3.8, 4) is 6.07 Å². The van der Waals surface area contributed by atoms with Crippen LogP contribution in [0.3, 0.4) is 0 Å². The Bertz CT molecular complexity index is 984. The minimum absolute atomic E-state index is 0.145. The van der Waals surface area contributed by atoms with E-state index in [0.717, 1.165) is 31.6 Å². The number of nitriles is 1. The van der Waals surface area contributed by atoms with Gasteiger partial charge in [0, 0.05) is 50.2 Å². The number of ether oxygens (including phenoxy) is 2. The highest BCUT2D eigenvalue weighted by atomic mass is 32.1. The smallest absolute Gasteiger partial charge is 0.273 e. The Kier molecular flexibility index (Phi) is 10.8. The summed E-state index contributed by atoms with van der Waals surface area (Å²) in [7, 11) is 0. The second-order valence-electron chi connectivity index (χ2n) is 8.31. The number of hydrogen-bond donors (Lipinski definition) is 1. The van der Waals surface area contributed by atoms with E-state index in [-0.39, 0.29) is 11.8 Å². The first-order valence-electron chi connectivity index (χ1n) is 12.2. The number of aryl methyl sites for hydroxylation is 1. The molecule has 2 aromatic rings. The van der Waals surface area contributed by atoms with Gasteiger partial charge in [0.15, 0.2) is 5.13 Å². The summed E-state index contributed by atoms with van der Waals surface area (Å²) in [6, 6.07) is 4.19. The molecule has 0 aromatic carbocycles. The summed E-state index contributed by atoms with van der Waals surface area (Å²) >= 11 is 1.36. The van der Waals surface area contributed by atoms with E-state index in [0.29, 0.717) is 68.5 Å². The fraction of sp³-hybridized carbons (Fsp3) is 0.625. The number of anilines is 2. The van der Waals surface area contributed by atoms with Gasteiger partial charge in [-0.3, -0.25) is 9.69 Å². The molecule has 0 aliphatic carbocycles. The number of piperidine rings is 1. The van der Waals surface area contributed by atoms with Gasteiger partial charge in [-0.25, -0.2) is 15.0 Å². The van der Waals surface area contributed by atoms with E-state index in [1.165, 1.54) is 11.3 Å². The quantitative estimate of drug-likeness (QED) is 0.326. The van der Waals surface area contributed by atoms with Gasteiger partial charge in [-0.1, -0.05) is 0 Å². The number of carbonyl (C=O) groups is 1. The topological polar surface area (TPSA) is 117 Å². The monoisotopic (exact) mass is 501 g/mol. The highest BCUT2D eigenvalue weighted by Crippen LogP contribution is 2.28. The Morgan fingerprint density at radius 1 is 1.26 bits per heavy atom. The normalized spacial score (nSPS) is 16.1. The third-order valence-electron chi connectivity index (χ3n) is 5.74. The molecule has 1 aliphatic heterocycles. The second-order valence-corrected chi connectivity index (χ2v) is 9.16. The molecule has 1 fully saturated rings. The number of carbonyl (C=O) groups excluding carboxylic acids is 1. The van der Waals surface area contributed by atoms with Crippen LogP contribution in [0.5, 0.6) is 0 Å². The average molecular weight is 502 g/mol. The summed E-state index contributed by atoms with van der Waals surface area (Å²) in [6.45, 7) is 11.1. The van der Waals surface area contributed by atoms with Crippen molar-refractivity contribution < 1.29 is 14.3 Å². The molecule has 1 atom stereocenters. The van der Waals surface area contributed by atoms with Gasteiger partial charge in [-0.15, -0.1) is 11.3 Å². The van der Waals surface area contributed by atoms with E-state index in [9.17, 15) is 4.79 Å². The van der Waals surface area contributed by atoms with Crippen molar-refractivity contribution in [1.82, 2.24) is 24.8 Å². The Balaban J connectivity index is 1.68. The fourth-order valence-corrected chi connectivity index (χ4v) is 4.75. The third kappa shape index (κ3) is 8.21. The van der Waals surface area contributed by atoms with Crippen molar-refractivity contribution in [1.29, 1.82) is 5.26 Å². The Morgan fingerprint density at radius 2 is 2.00 bits per heavy atom. The molecule has 2 aromatic heterocycles. The standard InChI is InChI=1S/C24H35N7O3S/c1-4-33-13-11-31(12-14-34-5-2)23(32)21-17-35-24(28-21)29-22-15-20(26-18(3)27-22)19-7-6-9-30(16-19)10-8-25/h15,17,19H,4-7,9-14,16H2,1-3H3,(H,26,27,28,29)/t19-/m1/s1. The summed E-state index contributed by atoms with van der Waals surface area (Å²) < 4.78 is 10.9. The van der Waals surface area contributed by atoms with E-state index < -0.39 is 0 Å². The van der Waals surface area contributed by atoms with Crippen LogP contribution in [-0.4, -0.2) is 89.8 Å². The summed E-state index contributed by atoms with van der Waals surface area (Å²) in [5.74, 6) is 1.45. The van der Waals surface area contributed by atoms with Crippen molar-refractivity contribution in [3.05, 3.63) is 28.7 Å². The minimum Gasteiger partial charge on any atom is -0.380 e. The number of amides is 1. The molecule has 3 rings (SSSR count). The first-order chi connectivity index (χ1) is 17.0. The number of thiazole rings is 1. The number of aromatic nitrogens is 3. The molecule has 0 unspecified atom stereocenters. The highest BCUT2D eigenvalue weighted by molar-refractivity contribution is 7.14. The maximum absolute atomic E-state index is 13.1.